The van der Waals surface area contributed by atoms with Gasteiger partial charge in [-0.05, 0) is 24.6 Å². The molecule has 2 rings (SSSR count). The molecule has 0 unspecified atom stereocenters. The van der Waals surface area contributed by atoms with Gasteiger partial charge in [-0.2, -0.15) is 4.99 Å². The predicted octanol–water partition coefficient (Wildman–Crippen LogP) is 2.41. The van der Waals surface area contributed by atoms with Crippen LogP contribution in [0.4, 0.5) is 0 Å². The van der Waals surface area contributed by atoms with Crippen LogP contribution in [-0.4, -0.2) is 23.6 Å². The van der Waals surface area contributed by atoms with Crippen molar-refractivity contribution in [2.24, 2.45) is 4.99 Å². The topological polar surface area (TPSA) is 60.7 Å². The second-order valence-electron chi connectivity index (χ2n) is 4.69. The SMILES string of the molecule is CCC(=O)N=c1sc2cc(C)ccc2n1CCC(=O)OC. The van der Waals surface area contributed by atoms with Gasteiger partial charge < -0.3 is 9.30 Å². The number of aryl methyl sites for hydroxylation is 2. The molecule has 1 amide bonds. The van der Waals surface area contributed by atoms with Gasteiger partial charge in [0, 0.05) is 13.0 Å². The summed E-state index contributed by atoms with van der Waals surface area (Å²) >= 11 is 1.46. The van der Waals surface area contributed by atoms with Crippen LogP contribution in [0, 0.1) is 6.92 Å². The highest BCUT2D eigenvalue weighted by atomic mass is 32.1. The Bertz CT molecular complexity index is 743. The molecular formula is C15H18N2O3S. The van der Waals surface area contributed by atoms with Gasteiger partial charge >= 0.3 is 5.97 Å². The summed E-state index contributed by atoms with van der Waals surface area (Å²) in [5.41, 5.74) is 2.13. The van der Waals surface area contributed by atoms with Crippen LogP contribution in [0.15, 0.2) is 23.2 Å². The number of benzene rings is 1. The van der Waals surface area contributed by atoms with Gasteiger partial charge in [0.2, 0.25) is 5.91 Å². The number of fused-ring (bicyclic) bond motifs is 1. The third kappa shape index (κ3) is 3.58. The number of carbonyl (C=O) groups is 2. The number of rotatable bonds is 4. The number of amides is 1. The van der Waals surface area contributed by atoms with Gasteiger partial charge in [-0.1, -0.05) is 24.3 Å². The van der Waals surface area contributed by atoms with E-state index in [0.29, 0.717) is 17.8 Å². The van der Waals surface area contributed by atoms with E-state index in [9.17, 15) is 9.59 Å². The first-order valence-corrected chi connectivity index (χ1v) is 7.61. The van der Waals surface area contributed by atoms with Crippen LogP contribution in [-0.2, 0) is 20.9 Å². The van der Waals surface area contributed by atoms with Gasteiger partial charge in [-0.3, -0.25) is 9.59 Å². The van der Waals surface area contributed by atoms with Crippen molar-refractivity contribution < 1.29 is 14.3 Å². The van der Waals surface area contributed by atoms with E-state index in [4.69, 9.17) is 0 Å². The van der Waals surface area contributed by atoms with Crippen molar-refractivity contribution in [3.8, 4) is 0 Å². The Kier molecular flexibility index (Phi) is 4.90. The maximum absolute atomic E-state index is 11.6. The van der Waals surface area contributed by atoms with E-state index in [1.165, 1.54) is 18.4 Å². The molecular weight excluding hydrogens is 288 g/mol. The number of ether oxygens (including phenoxy) is 1. The summed E-state index contributed by atoms with van der Waals surface area (Å²) in [5, 5.41) is 0. The number of methoxy groups -OCH3 is 1. The summed E-state index contributed by atoms with van der Waals surface area (Å²) in [7, 11) is 1.37. The van der Waals surface area contributed by atoms with Gasteiger partial charge in [0.15, 0.2) is 4.80 Å². The molecule has 0 fully saturated rings. The highest BCUT2D eigenvalue weighted by Crippen LogP contribution is 2.19. The van der Waals surface area contributed by atoms with E-state index in [2.05, 4.69) is 15.8 Å². The molecule has 0 atom stereocenters. The van der Waals surface area contributed by atoms with Crippen molar-refractivity contribution >= 4 is 33.4 Å². The fourth-order valence-corrected chi connectivity index (χ4v) is 3.14. The summed E-state index contributed by atoms with van der Waals surface area (Å²) < 4.78 is 7.64. The minimum atomic E-state index is -0.276. The van der Waals surface area contributed by atoms with E-state index in [1.54, 1.807) is 6.92 Å². The number of carbonyl (C=O) groups excluding carboxylic acids is 2. The molecule has 0 aliphatic rings. The average molecular weight is 306 g/mol. The van der Waals surface area contributed by atoms with Crippen molar-refractivity contribution in [1.82, 2.24) is 4.57 Å². The van der Waals surface area contributed by atoms with Crippen molar-refractivity contribution in [3.05, 3.63) is 28.6 Å². The predicted molar refractivity (Wildman–Crippen MR) is 82.0 cm³/mol. The molecule has 0 radical (unpaired) electrons. The van der Waals surface area contributed by atoms with Crippen molar-refractivity contribution in [2.45, 2.75) is 33.2 Å². The Morgan fingerprint density at radius 2 is 2.14 bits per heavy atom. The largest absolute Gasteiger partial charge is 0.469 e. The quantitative estimate of drug-likeness (QED) is 0.815. The number of nitrogens with zero attached hydrogens (tertiary/aromatic N) is 2. The Morgan fingerprint density at radius 3 is 2.81 bits per heavy atom. The molecule has 5 nitrogen and oxygen atoms in total. The molecule has 0 spiro atoms. The van der Waals surface area contributed by atoms with Crippen molar-refractivity contribution in [2.75, 3.05) is 7.11 Å². The second kappa shape index (κ2) is 6.67. The first kappa shape index (κ1) is 15.4. The van der Waals surface area contributed by atoms with Crippen LogP contribution in [0.25, 0.3) is 10.2 Å². The van der Waals surface area contributed by atoms with Crippen LogP contribution < -0.4 is 4.80 Å². The smallest absolute Gasteiger partial charge is 0.307 e. The van der Waals surface area contributed by atoms with Crippen LogP contribution >= 0.6 is 11.3 Å². The van der Waals surface area contributed by atoms with Crippen molar-refractivity contribution in [1.29, 1.82) is 0 Å². The van der Waals surface area contributed by atoms with Crippen LogP contribution in [0.2, 0.25) is 0 Å². The van der Waals surface area contributed by atoms with Crippen molar-refractivity contribution in [3.63, 3.8) is 0 Å². The normalized spacial score (nSPS) is 11.9. The molecule has 21 heavy (non-hydrogen) atoms. The van der Waals surface area contributed by atoms with Gasteiger partial charge in [-0.15, -0.1) is 0 Å². The summed E-state index contributed by atoms with van der Waals surface area (Å²) in [4.78, 5) is 27.7. The summed E-state index contributed by atoms with van der Waals surface area (Å²) in [6, 6.07) is 6.06. The lowest BCUT2D eigenvalue weighted by Gasteiger charge is -2.04. The standard InChI is InChI=1S/C15H18N2O3S/c1-4-13(18)16-15-17(8-7-14(19)20-3)11-6-5-10(2)9-12(11)21-15/h5-6,9H,4,7-8H2,1-3H3. The average Bonchev–Trinajstić information content (AvgIpc) is 2.80. The Balaban J connectivity index is 2.52. The lowest BCUT2D eigenvalue weighted by molar-refractivity contribution is -0.140. The molecule has 0 N–H and O–H groups in total. The third-order valence-electron chi connectivity index (χ3n) is 3.13. The molecule has 6 heteroatoms. The van der Waals surface area contributed by atoms with Gasteiger partial charge in [0.05, 0.1) is 23.7 Å². The first-order valence-electron chi connectivity index (χ1n) is 6.79. The summed E-state index contributed by atoms with van der Waals surface area (Å²) in [6.45, 7) is 4.25. The molecule has 1 aromatic heterocycles. The molecule has 2 aromatic rings. The molecule has 0 aliphatic heterocycles. The highest BCUT2D eigenvalue weighted by Gasteiger charge is 2.09. The monoisotopic (exact) mass is 306 g/mol. The van der Waals surface area contributed by atoms with E-state index in [-0.39, 0.29) is 18.3 Å². The maximum atomic E-state index is 11.6. The molecule has 0 bridgehead atoms. The molecule has 0 saturated heterocycles. The Labute approximate surface area is 126 Å². The first-order chi connectivity index (χ1) is 10.0. The van der Waals surface area contributed by atoms with Crippen LogP contribution in [0.1, 0.15) is 25.3 Å². The zero-order chi connectivity index (χ0) is 15.4. The number of hydrogen-bond acceptors (Lipinski definition) is 4. The van der Waals surface area contributed by atoms with Gasteiger partial charge in [0.25, 0.3) is 0 Å². The van der Waals surface area contributed by atoms with E-state index < -0.39 is 0 Å². The lowest BCUT2D eigenvalue weighted by Crippen LogP contribution is -2.19. The molecule has 1 heterocycles. The molecule has 112 valence electrons. The van der Waals surface area contributed by atoms with E-state index in [0.717, 1.165) is 15.8 Å². The van der Waals surface area contributed by atoms with Gasteiger partial charge in [-0.25, -0.2) is 0 Å². The maximum Gasteiger partial charge on any atom is 0.307 e. The van der Waals surface area contributed by atoms with Crippen LogP contribution in [0.5, 0.6) is 0 Å². The number of thiazole rings is 1. The summed E-state index contributed by atoms with van der Waals surface area (Å²) in [6.07, 6.45) is 0.619. The third-order valence-corrected chi connectivity index (χ3v) is 4.17. The Morgan fingerprint density at radius 1 is 1.38 bits per heavy atom. The Hall–Kier alpha value is -1.95. The van der Waals surface area contributed by atoms with E-state index >= 15 is 0 Å². The minimum absolute atomic E-state index is 0.162. The second-order valence-corrected chi connectivity index (χ2v) is 5.70. The molecule has 1 aromatic carbocycles. The number of aromatic nitrogens is 1. The van der Waals surface area contributed by atoms with Crippen LogP contribution in [0.3, 0.4) is 0 Å². The fourth-order valence-electron chi connectivity index (χ4n) is 1.97. The van der Waals surface area contributed by atoms with Gasteiger partial charge in [0.1, 0.15) is 0 Å². The molecule has 0 saturated carbocycles. The number of hydrogen-bond donors (Lipinski definition) is 0. The molecule has 0 aliphatic carbocycles. The summed E-state index contributed by atoms with van der Waals surface area (Å²) in [5.74, 6) is -0.438. The fraction of sp³-hybridized carbons (Fsp3) is 0.400. The number of esters is 1. The lowest BCUT2D eigenvalue weighted by atomic mass is 10.2. The minimum Gasteiger partial charge on any atom is -0.469 e. The zero-order valence-electron chi connectivity index (χ0n) is 12.4. The zero-order valence-corrected chi connectivity index (χ0v) is 13.2. The van der Waals surface area contributed by atoms with E-state index in [1.807, 2.05) is 23.6 Å². The highest BCUT2D eigenvalue weighted by molar-refractivity contribution is 7.16.